The van der Waals surface area contributed by atoms with Crippen molar-refractivity contribution in [2.45, 2.75) is 25.1 Å². The fraction of sp³-hybridized carbons (Fsp3) is 0.538. The van der Waals surface area contributed by atoms with Crippen molar-refractivity contribution in [1.82, 2.24) is 0 Å². The van der Waals surface area contributed by atoms with Crippen LogP contribution < -0.4 is 0 Å². The Kier molecular flexibility index (Phi) is 3.92. The summed E-state index contributed by atoms with van der Waals surface area (Å²) >= 11 is 0. The van der Waals surface area contributed by atoms with E-state index in [4.69, 9.17) is 4.74 Å². The van der Waals surface area contributed by atoms with E-state index in [0.717, 1.165) is 12.1 Å². The van der Waals surface area contributed by atoms with E-state index in [9.17, 15) is 18.3 Å². The molecule has 1 N–H and O–H groups in total. The largest absolute Gasteiger partial charge is 0.416 e. The van der Waals surface area contributed by atoms with Crippen LogP contribution in [0.5, 0.6) is 0 Å². The van der Waals surface area contributed by atoms with Crippen LogP contribution in [0.2, 0.25) is 0 Å². The summed E-state index contributed by atoms with van der Waals surface area (Å²) < 4.78 is 42.9. The summed E-state index contributed by atoms with van der Waals surface area (Å²) in [6.07, 6.45) is -3.86. The molecule has 1 aliphatic rings. The number of aliphatic hydroxyl groups is 1. The number of hydrogen-bond donors (Lipinski definition) is 1. The smallest absolute Gasteiger partial charge is 0.388 e. The van der Waals surface area contributed by atoms with Gasteiger partial charge in [-0.25, -0.2) is 0 Å². The van der Waals surface area contributed by atoms with Gasteiger partial charge in [0.15, 0.2) is 0 Å². The van der Waals surface area contributed by atoms with Crippen molar-refractivity contribution in [1.29, 1.82) is 0 Å². The van der Waals surface area contributed by atoms with E-state index in [0.29, 0.717) is 31.6 Å². The lowest BCUT2D eigenvalue weighted by atomic mass is 9.89. The van der Waals surface area contributed by atoms with Gasteiger partial charge in [-0.15, -0.1) is 0 Å². The zero-order chi connectivity index (χ0) is 13.2. The number of hydrogen-bond acceptors (Lipinski definition) is 2. The molecule has 1 fully saturated rings. The van der Waals surface area contributed by atoms with E-state index in [2.05, 4.69) is 0 Å². The normalized spacial score (nSPS) is 19.8. The Morgan fingerprint density at radius 2 is 1.89 bits per heavy atom. The van der Waals surface area contributed by atoms with Gasteiger partial charge in [-0.3, -0.25) is 0 Å². The molecule has 0 aliphatic carbocycles. The van der Waals surface area contributed by atoms with Crippen LogP contribution in [-0.4, -0.2) is 18.3 Å². The molecule has 0 spiro atoms. The molecule has 5 heteroatoms. The van der Waals surface area contributed by atoms with Gasteiger partial charge >= 0.3 is 6.18 Å². The second-order valence-electron chi connectivity index (χ2n) is 4.52. The first-order chi connectivity index (χ1) is 8.48. The molecule has 0 radical (unpaired) electrons. The number of alkyl halides is 3. The summed E-state index contributed by atoms with van der Waals surface area (Å²) in [6, 6.07) is 4.91. The monoisotopic (exact) mass is 260 g/mol. The Bertz CT molecular complexity index is 397. The third-order valence-electron chi connectivity index (χ3n) is 3.27. The quantitative estimate of drug-likeness (QED) is 0.885. The number of halogens is 3. The number of benzene rings is 1. The van der Waals surface area contributed by atoms with Gasteiger partial charge < -0.3 is 9.84 Å². The van der Waals surface area contributed by atoms with E-state index in [1.807, 2.05) is 0 Å². The van der Waals surface area contributed by atoms with Crippen molar-refractivity contribution >= 4 is 0 Å². The molecular formula is C13H15F3O2. The van der Waals surface area contributed by atoms with Gasteiger partial charge in [-0.05, 0) is 36.5 Å². The average molecular weight is 260 g/mol. The van der Waals surface area contributed by atoms with Crippen molar-refractivity contribution in [3.8, 4) is 0 Å². The molecule has 1 saturated heterocycles. The van der Waals surface area contributed by atoms with E-state index in [-0.39, 0.29) is 5.92 Å². The average Bonchev–Trinajstić information content (AvgIpc) is 2.38. The van der Waals surface area contributed by atoms with Gasteiger partial charge in [0.05, 0.1) is 11.7 Å². The molecular weight excluding hydrogens is 245 g/mol. The first-order valence-corrected chi connectivity index (χ1v) is 5.91. The number of ether oxygens (including phenoxy) is 1. The van der Waals surface area contributed by atoms with Gasteiger partial charge in [0.25, 0.3) is 0 Å². The SMILES string of the molecule is OC(c1cccc(C(F)(F)F)c1)C1CCOCC1. The summed E-state index contributed by atoms with van der Waals surface area (Å²) in [5.41, 5.74) is -0.386. The highest BCUT2D eigenvalue weighted by atomic mass is 19.4. The fourth-order valence-corrected chi connectivity index (χ4v) is 2.20. The second-order valence-corrected chi connectivity index (χ2v) is 4.52. The summed E-state index contributed by atoms with van der Waals surface area (Å²) in [5, 5.41) is 10.1. The Morgan fingerprint density at radius 3 is 2.50 bits per heavy atom. The van der Waals surface area contributed by atoms with Crippen LogP contribution in [0.4, 0.5) is 13.2 Å². The van der Waals surface area contributed by atoms with Gasteiger partial charge in [-0.1, -0.05) is 12.1 Å². The number of aliphatic hydroxyl groups excluding tert-OH is 1. The van der Waals surface area contributed by atoms with Crippen LogP contribution in [0.15, 0.2) is 24.3 Å². The first kappa shape index (κ1) is 13.4. The van der Waals surface area contributed by atoms with Gasteiger partial charge in [-0.2, -0.15) is 13.2 Å². The highest BCUT2D eigenvalue weighted by Crippen LogP contribution is 2.34. The zero-order valence-corrected chi connectivity index (χ0v) is 9.78. The fourth-order valence-electron chi connectivity index (χ4n) is 2.20. The maximum Gasteiger partial charge on any atom is 0.416 e. The van der Waals surface area contributed by atoms with Crippen LogP contribution in [-0.2, 0) is 10.9 Å². The third-order valence-corrected chi connectivity index (χ3v) is 3.27. The summed E-state index contributed by atoms with van der Waals surface area (Å²) in [6.45, 7) is 1.11. The minimum Gasteiger partial charge on any atom is -0.388 e. The minimum absolute atomic E-state index is 0.0257. The van der Waals surface area contributed by atoms with Crippen molar-refractivity contribution in [3.63, 3.8) is 0 Å². The zero-order valence-electron chi connectivity index (χ0n) is 9.78. The van der Waals surface area contributed by atoms with E-state index >= 15 is 0 Å². The highest BCUT2D eigenvalue weighted by Gasteiger charge is 2.32. The van der Waals surface area contributed by atoms with E-state index < -0.39 is 17.8 Å². The van der Waals surface area contributed by atoms with Crippen LogP contribution in [0.3, 0.4) is 0 Å². The lowest BCUT2D eigenvalue weighted by molar-refractivity contribution is -0.137. The molecule has 1 aromatic rings. The topological polar surface area (TPSA) is 29.5 Å². The van der Waals surface area contributed by atoms with Crippen molar-refractivity contribution in [3.05, 3.63) is 35.4 Å². The Balaban J connectivity index is 2.17. The van der Waals surface area contributed by atoms with E-state index in [1.54, 1.807) is 0 Å². The molecule has 0 amide bonds. The summed E-state index contributed by atoms with van der Waals surface area (Å²) in [4.78, 5) is 0. The maximum absolute atomic E-state index is 12.6. The molecule has 1 unspecified atom stereocenters. The van der Waals surface area contributed by atoms with Gasteiger partial charge in [0.2, 0.25) is 0 Å². The molecule has 1 aromatic carbocycles. The molecule has 0 bridgehead atoms. The first-order valence-electron chi connectivity index (χ1n) is 5.91. The maximum atomic E-state index is 12.6. The molecule has 0 aromatic heterocycles. The summed E-state index contributed by atoms with van der Waals surface area (Å²) in [5.74, 6) is -0.0257. The molecule has 2 rings (SSSR count). The van der Waals surface area contributed by atoms with E-state index in [1.165, 1.54) is 12.1 Å². The lowest BCUT2D eigenvalue weighted by Gasteiger charge is -2.27. The minimum atomic E-state index is -4.37. The number of rotatable bonds is 2. The van der Waals surface area contributed by atoms with Crippen molar-refractivity contribution in [2.24, 2.45) is 5.92 Å². The van der Waals surface area contributed by atoms with Crippen LogP contribution in [0, 0.1) is 5.92 Å². The summed E-state index contributed by atoms with van der Waals surface area (Å²) in [7, 11) is 0. The molecule has 1 atom stereocenters. The predicted molar refractivity (Wildman–Crippen MR) is 59.9 cm³/mol. The third kappa shape index (κ3) is 3.03. The van der Waals surface area contributed by atoms with Gasteiger partial charge in [0.1, 0.15) is 0 Å². The second kappa shape index (κ2) is 5.28. The van der Waals surface area contributed by atoms with Crippen LogP contribution in [0.1, 0.15) is 30.1 Å². The Labute approximate surface area is 103 Å². The predicted octanol–water partition coefficient (Wildman–Crippen LogP) is 3.17. The van der Waals surface area contributed by atoms with Crippen molar-refractivity contribution < 1.29 is 23.0 Å². The molecule has 18 heavy (non-hydrogen) atoms. The van der Waals surface area contributed by atoms with Crippen molar-refractivity contribution in [2.75, 3.05) is 13.2 Å². The lowest BCUT2D eigenvalue weighted by Crippen LogP contribution is -2.22. The molecule has 1 aliphatic heterocycles. The standard InChI is InChI=1S/C13H15F3O2/c14-13(15,16)11-3-1-2-10(8-11)12(17)9-4-6-18-7-5-9/h1-3,8-9,12,17H,4-7H2. The highest BCUT2D eigenvalue weighted by molar-refractivity contribution is 5.27. The van der Waals surface area contributed by atoms with Crippen LogP contribution in [0.25, 0.3) is 0 Å². The Morgan fingerprint density at radius 1 is 1.22 bits per heavy atom. The molecule has 100 valence electrons. The Hall–Kier alpha value is -1.07. The molecule has 0 saturated carbocycles. The molecule has 1 heterocycles. The molecule has 2 nitrogen and oxygen atoms in total. The van der Waals surface area contributed by atoms with Crippen LogP contribution >= 0.6 is 0 Å². The van der Waals surface area contributed by atoms with Gasteiger partial charge in [0, 0.05) is 13.2 Å².